The molecule has 0 N–H and O–H groups in total. The van der Waals surface area contributed by atoms with Gasteiger partial charge in [-0.05, 0) is 24.9 Å². The number of carbonyl (C=O) groups excluding carboxylic acids is 1. The fourth-order valence-electron chi connectivity index (χ4n) is 3.93. The molecule has 6 nitrogen and oxygen atoms in total. The van der Waals surface area contributed by atoms with Gasteiger partial charge in [-0.15, -0.1) is 0 Å². The highest BCUT2D eigenvalue weighted by Crippen LogP contribution is 2.27. The van der Waals surface area contributed by atoms with Crippen LogP contribution in [0.15, 0.2) is 30.3 Å². The van der Waals surface area contributed by atoms with Crippen molar-refractivity contribution < 1.29 is 13.2 Å². The number of carbonyl (C=O) groups is 1. The first kappa shape index (κ1) is 18.2. The number of hydrogen-bond donors (Lipinski definition) is 0. The molecule has 2 amide bonds. The molecule has 0 aromatic heterocycles. The zero-order valence-electron chi connectivity index (χ0n) is 15.0. The summed E-state index contributed by atoms with van der Waals surface area (Å²) in [4.78, 5) is 18.0. The van der Waals surface area contributed by atoms with Gasteiger partial charge in [-0.3, -0.25) is 4.90 Å². The van der Waals surface area contributed by atoms with E-state index < -0.39 is 9.84 Å². The second-order valence-electron chi connectivity index (χ2n) is 7.21. The number of aryl methyl sites for hydroxylation is 1. The van der Waals surface area contributed by atoms with Crippen LogP contribution in [0.5, 0.6) is 0 Å². The normalized spacial score (nSPS) is 25.6. The minimum atomic E-state index is -3.09. The molecule has 2 saturated heterocycles. The Balaban J connectivity index is 1.65. The van der Waals surface area contributed by atoms with Crippen molar-refractivity contribution in [1.29, 1.82) is 0 Å². The molecule has 2 fully saturated rings. The largest absolute Gasteiger partial charge is 0.331 e. The van der Waals surface area contributed by atoms with E-state index in [1.807, 2.05) is 18.2 Å². The average Bonchev–Trinajstić information content (AvgIpc) is 2.90. The molecule has 0 spiro atoms. The second-order valence-corrected chi connectivity index (χ2v) is 9.36. The second kappa shape index (κ2) is 7.33. The lowest BCUT2D eigenvalue weighted by atomic mass is 10.0. The van der Waals surface area contributed by atoms with Gasteiger partial charge in [0.1, 0.15) is 0 Å². The van der Waals surface area contributed by atoms with Crippen LogP contribution in [0, 0.1) is 0 Å². The summed E-state index contributed by atoms with van der Waals surface area (Å²) in [6, 6.07) is 9.96. The highest BCUT2D eigenvalue weighted by molar-refractivity contribution is 7.91. The fraction of sp³-hybridized carbons (Fsp3) is 0.611. The summed E-state index contributed by atoms with van der Waals surface area (Å²) in [5.74, 6) is 0.257. The van der Waals surface area contributed by atoms with Crippen molar-refractivity contribution in [2.75, 3.05) is 45.2 Å². The monoisotopic (exact) mass is 365 g/mol. The van der Waals surface area contributed by atoms with Gasteiger partial charge in [-0.25, -0.2) is 13.2 Å². The first-order valence-electron chi connectivity index (χ1n) is 8.84. The van der Waals surface area contributed by atoms with Crippen LogP contribution in [0.25, 0.3) is 0 Å². The molecule has 2 aliphatic rings. The fourth-order valence-corrected chi connectivity index (χ4v) is 5.94. The predicted molar refractivity (Wildman–Crippen MR) is 98.4 cm³/mol. The summed E-state index contributed by atoms with van der Waals surface area (Å²) >= 11 is 0. The van der Waals surface area contributed by atoms with Crippen LogP contribution in [-0.4, -0.2) is 86.5 Å². The van der Waals surface area contributed by atoms with Gasteiger partial charge in [0.2, 0.25) is 0 Å². The maximum atomic E-state index is 12.4. The molecule has 0 saturated carbocycles. The predicted octanol–water partition coefficient (Wildman–Crippen LogP) is 1.08. The smallest absolute Gasteiger partial charge is 0.319 e. The lowest BCUT2D eigenvalue weighted by Gasteiger charge is -2.44. The van der Waals surface area contributed by atoms with Crippen LogP contribution in [0.3, 0.4) is 0 Å². The zero-order valence-corrected chi connectivity index (χ0v) is 15.8. The maximum Gasteiger partial charge on any atom is 0.319 e. The van der Waals surface area contributed by atoms with Crippen LogP contribution in [-0.2, 0) is 16.3 Å². The number of urea groups is 1. The Kier molecular flexibility index (Phi) is 5.34. The van der Waals surface area contributed by atoms with E-state index in [0.29, 0.717) is 6.54 Å². The maximum absolute atomic E-state index is 12.4. The highest BCUT2D eigenvalue weighted by Gasteiger charge is 2.48. The minimum absolute atomic E-state index is 0.0709. The molecule has 138 valence electrons. The Labute approximate surface area is 150 Å². The molecular weight excluding hydrogens is 338 g/mol. The summed E-state index contributed by atoms with van der Waals surface area (Å²) in [6.07, 6.45) is 1.98. The molecule has 0 aliphatic carbocycles. The van der Waals surface area contributed by atoms with E-state index in [9.17, 15) is 13.2 Å². The van der Waals surface area contributed by atoms with Crippen LogP contribution >= 0.6 is 0 Å². The number of amides is 2. The Morgan fingerprint density at radius 1 is 1.12 bits per heavy atom. The topological polar surface area (TPSA) is 60.9 Å². The third-order valence-corrected chi connectivity index (χ3v) is 6.87. The molecule has 3 rings (SSSR count). The summed E-state index contributed by atoms with van der Waals surface area (Å²) in [6.45, 7) is 2.21. The quantitative estimate of drug-likeness (QED) is 0.801. The van der Waals surface area contributed by atoms with E-state index in [2.05, 4.69) is 17.0 Å². The number of rotatable bonds is 4. The average molecular weight is 365 g/mol. The number of hydrogen-bond acceptors (Lipinski definition) is 4. The van der Waals surface area contributed by atoms with Gasteiger partial charge in [0, 0.05) is 33.2 Å². The third-order valence-electron chi connectivity index (χ3n) is 5.17. The highest BCUT2D eigenvalue weighted by atomic mass is 32.2. The van der Waals surface area contributed by atoms with Crippen LogP contribution in [0.2, 0.25) is 0 Å². The van der Waals surface area contributed by atoms with E-state index in [4.69, 9.17) is 0 Å². The van der Waals surface area contributed by atoms with Gasteiger partial charge in [0.05, 0.1) is 17.5 Å². The van der Waals surface area contributed by atoms with Gasteiger partial charge < -0.3 is 9.80 Å². The molecule has 1 aromatic carbocycles. The number of sulfone groups is 1. The van der Waals surface area contributed by atoms with Crippen molar-refractivity contribution in [2.24, 2.45) is 0 Å². The van der Waals surface area contributed by atoms with Crippen molar-refractivity contribution >= 4 is 15.9 Å². The van der Waals surface area contributed by atoms with Gasteiger partial charge in [0.15, 0.2) is 9.84 Å². The molecule has 1 aromatic rings. The molecule has 2 aliphatic heterocycles. The van der Waals surface area contributed by atoms with E-state index in [0.717, 1.165) is 25.9 Å². The molecule has 0 radical (unpaired) electrons. The SMILES string of the molecule is CN(C)C(=O)N1CCN(CCCc2ccccc2)[C@@H]2CS(=O)(=O)C[C@@H]21. The first-order chi connectivity index (χ1) is 11.9. The molecule has 2 atom stereocenters. The summed E-state index contributed by atoms with van der Waals surface area (Å²) in [5.41, 5.74) is 1.31. The van der Waals surface area contributed by atoms with Crippen LogP contribution in [0.1, 0.15) is 12.0 Å². The summed E-state index contributed by atoms with van der Waals surface area (Å²) in [5, 5.41) is 0. The molecule has 0 bridgehead atoms. The summed E-state index contributed by atoms with van der Waals surface area (Å²) < 4.78 is 24.4. The lowest BCUT2D eigenvalue weighted by Crippen LogP contribution is -2.62. The van der Waals surface area contributed by atoms with Gasteiger partial charge in [-0.2, -0.15) is 0 Å². The Hall–Kier alpha value is -1.60. The number of piperazine rings is 1. The van der Waals surface area contributed by atoms with Gasteiger partial charge in [0.25, 0.3) is 0 Å². The Morgan fingerprint density at radius 2 is 1.80 bits per heavy atom. The van der Waals surface area contributed by atoms with E-state index in [1.165, 1.54) is 10.5 Å². The number of benzene rings is 1. The number of fused-ring (bicyclic) bond motifs is 1. The first-order valence-corrected chi connectivity index (χ1v) is 10.7. The minimum Gasteiger partial charge on any atom is -0.331 e. The zero-order chi connectivity index (χ0) is 18.0. The van der Waals surface area contributed by atoms with Gasteiger partial charge >= 0.3 is 6.03 Å². The van der Waals surface area contributed by atoms with Crippen LogP contribution in [0.4, 0.5) is 4.79 Å². The lowest BCUT2D eigenvalue weighted by molar-refractivity contribution is 0.0560. The van der Waals surface area contributed by atoms with E-state index in [1.54, 1.807) is 19.0 Å². The Morgan fingerprint density at radius 3 is 2.48 bits per heavy atom. The van der Waals surface area contributed by atoms with Crippen molar-refractivity contribution in [3.63, 3.8) is 0 Å². The molecular formula is C18H27N3O3S. The van der Waals surface area contributed by atoms with Crippen molar-refractivity contribution in [3.8, 4) is 0 Å². The molecule has 0 unspecified atom stereocenters. The molecule has 7 heteroatoms. The van der Waals surface area contributed by atoms with Crippen molar-refractivity contribution in [2.45, 2.75) is 24.9 Å². The standard InChI is InChI=1S/C18H27N3O3S/c1-19(2)18(22)21-12-11-20(16-13-25(23,24)14-17(16)21)10-6-9-15-7-4-3-5-8-15/h3-5,7-8,16-17H,6,9-14H2,1-2H3/t16-,17+/m1/s1. The summed E-state index contributed by atoms with van der Waals surface area (Å²) in [7, 11) is 0.345. The molecule has 25 heavy (non-hydrogen) atoms. The van der Waals surface area contributed by atoms with Crippen molar-refractivity contribution in [3.05, 3.63) is 35.9 Å². The number of nitrogens with zero attached hydrogens (tertiary/aromatic N) is 3. The van der Waals surface area contributed by atoms with Gasteiger partial charge in [-0.1, -0.05) is 30.3 Å². The third kappa shape index (κ3) is 4.15. The Bertz CT molecular complexity index is 706. The van der Waals surface area contributed by atoms with E-state index in [-0.39, 0.29) is 29.6 Å². The van der Waals surface area contributed by atoms with Crippen LogP contribution < -0.4 is 0 Å². The van der Waals surface area contributed by atoms with E-state index >= 15 is 0 Å². The molecule has 2 heterocycles. The van der Waals surface area contributed by atoms with Crippen molar-refractivity contribution in [1.82, 2.24) is 14.7 Å².